The summed E-state index contributed by atoms with van der Waals surface area (Å²) in [6.45, 7) is 5.76. The van der Waals surface area contributed by atoms with Crippen LogP contribution in [0.1, 0.15) is 58.5 Å². The highest BCUT2D eigenvalue weighted by molar-refractivity contribution is 5.98. The zero-order valence-corrected chi connectivity index (χ0v) is 24.4. The van der Waals surface area contributed by atoms with Gasteiger partial charge in [0.15, 0.2) is 5.78 Å². The number of nitrogens with zero attached hydrogens (tertiary/aromatic N) is 2. The van der Waals surface area contributed by atoms with Crippen molar-refractivity contribution in [2.45, 2.75) is 58.2 Å². The molecule has 0 spiro atoms. The minimum absolute atomic E-state index is 0.0178. The molecule has 1 saturated heterocycles. The molecular weight excluding hydrogens is 564 g/mol. The topological polar surface area (TPSA) is 215 Å². The van der Waals surface area contributed by atoms with E-state index in [9.17, 15) is 44.8 Å². The molecular formula is C29H36N4O10. The Morgan fingerprint density at radius 3 is 1.93 bits per heavy atom. The molecule has 0 bridgehead atoms. The normalized spacial score (nSPS) is 17.9. The Kier molecular flexibility index (Phi) is 10.7. The monoisotopic (exact) mass is 600 g/mol. The zero-order valence-electron chi connectivity index (χ0n) is 24.4. The third-order valence-corrected chi connectivity index (χ3v) is 7.58. The van der Waals surface area contributed by atoms with Gasteiger partial charge in [0.25, 0.3) is 17.3 Å². The summed E-state index contributed by atoms with van der Waals surface area (Å²) in [5.41, 5.74) is -0.564. The van der Waals surface area contributed by atoms with Gasteiger partial charge in [-0.05, 0) is 50.5 Å². The van der Waals surface area contributed by atoms with E-state index in [1.807, 2.05) is 13.8 Å². The van der Waals surface area contributed by atoms with Crippen molar-refractivity contribution in [3.05, 3.63) is 78.9 Å². The summed E-state index contributed by atoms with van der Waals surface area (Å²) >= 11 is 0. The minimum Gasteiger partial charge on any atom is -0.394 e. The van der Waals surface area contributed by atoms with Crippen LogP contribution in [0.25, 0.3) is 0 Å². The first-order chi connectivity index (χ1) is 20.2. The first-order valence-corrected chi connectivity index (χ1v) is 13.7. The molecule has 0 aliphatic carbocycles. The maximum absolute atomic E-state index is 13.4. The second-order valence-electron chi connectivity index (χ2n) is 11.2. The van der Waals surface area contributed by atoms with Crippen LogP contribution in [0.4, 0.5) is 11.4 Å². The average molecular weight is 601 g/mol. The van der Waals surface area contributed by atoms with E-state index in [1.54, 1.807) is 0 Å². The predicted octanol–water partition coefficient (Wildman–Crippen LogP) is 2.39. The summed E-state index contributed by atoms with van der Waals surface area (Å²) < 4.78 is 5.60. The molecule has 1 aliphatic heterocycles. The molecule has 2 aromatic rings. The van der Waals surface area contributed by atoms with Crippen LogP contribution in [-0.4, -0.2) is 75.2 Å². The number of aryl methyl sites for hydroxylation is 2. The lowest BCUT2D eigenvalue weighted by Crippen LogP contribution is -2.55. The molecule has 2 unspecified atom stereocenters. The number of epoxide rings is 1. The molecule has 14 heteroatoms. The van der Waals surface area contributed by atoms with Gasteiger partial charge >= 0.3 is 0 Å². The van der Waals surface area contributed by atoms with E-state index in [4.69, 9.17) is 4.74 Å². The largest absolute Gasteiger partial charge is 0.394 e. The third-order valence-electron chi connectivity index (χ3n) is 7.58. The minimum atomic E-state index is -1.39. The Bertz CT molecular complexity index is 1410. The molecule has 4 N–H and O–H groups in total. The Balaban J connectivity index is 1.83. The van der Waals surface area contributed by atoms with Gasteiger partial charge in [0.05, 0.1) is 29.7 Å². The van der Waals surface area contributed by atoms with Crippen LogP contribution < -0.4 is 10.6 Å². The number of carbonyl (C=O) groups is 3. The molecule has 14 nitrogen and oxygen atoms in total. The number of hydrogen-bond acceptors (Lipinski definition) is 10. The van der Waals surface area contributed by atoms with Gasteiger partial charge in [0.2, 0.25) is 5.91 Å². The van der Waals surface area contributed by atoms with Crippen LogP contribution in [0.2, 0.25) is 0 Å². The Morgan fingerprint density at radius 2 is 1.49 bits per heavy atom. The van der Waals surface area contributed by atoms with Crippen LogP contribution in [0.3, 0.4) is 0 Å². The van der Waals surface area contributed by atoms with E-state index >= 15 is 0 Å². The van der Waals surface area contributed by atoms with Gasteiger partial charge in [0, 0.05) is 52.8 Å². The second kappa shape index (κ2) is 13.8. The van der Waals surface area contributed by atoms with Gasteiger partial charge in [-0.3, -0.25) is 34.6 Å². The number of nitro benzene ring substituents is 2. The third kappa shape index (κ3) is 7.97. The van der Waals surface area contributed by atoms with Crippen molar-refractivity contribution >= 4 is 29.0 Å². The van der Waals surface area contributed by atoms with E-state index in [1.165, 1.54) is 50.2 Å². The van der Waals surface area contributed by atoms with Gasteiger partial charge < -0.3 is 25.6 Å². The summed E-state index contributed by atoms with van der Waals surface area (Å²) in [6.07, 6.45) is 0.204. The number of Topliss-reactive ketones (excluding diaryl/α,β-unsaturated/α-hetero) is 1. The number of benzene rings is 2. The fourth-order valence-corrected chi connectivity index (χ4v) is 5.11. The number of carbonyl (C=O) groups excluding carboxylic acids is 3. The summed E-state index contributed by atoms with van der Waals surface area (Å²) in [5, 5.41) is 47.7. The SMILES string of the molecule is Cc1cc(C(=O)CC(C(CC(C)C)NC(=O)[C@H](CO)NC(=O)c2ccc([N+](=O)[O-])c(C)c2)[C@@]2(CO)CO2)ccc1[N+](=O)[O-]. The molecule has 43 heavy (non-hydrogen) atoms. The van der Waals surface area contributed by atoms with Crippen molar-refractivity contribution in [2.24, 2.45) is 11.8 Å². The predicted molar refractivity (Wildman–Crippen MR) is 154 cm³/mol. The van der Waals surface area contributed by atoms with Crippen LogP contribution in [0.5, 0.6) is 0 Å². The standard InChI is InChI=1S/C29H36N4O10/c1-16(2)9-22(30-28(38)23(13-34)31-27(37)20-6-8-25(33(41)42)18(4)11-20)21(29(14-35)15-43-29)12-26(36)19-5-7-24(32(39)40)17(3)10-19/h5-8,10-11,16,21-23,34-35H,9,12-15H2,1-4H3,(H,30,38)(H,31,37)/t21?,22?,23-,29+/m0/s1. The Labute approximate surface area is 247 Å². The second-order valence-corrected chi connectivity index (χ2v) is 11.2. The van der Waals surface area contributed by atoms with Gasteiger partial charge in [-0.2, -0.15) is 0 Å². The van der Waals surface area contributed by atoms with Crippen molar-refractivity contribution in [3.8, 4) is 0 Å². The first kappa shape index (κ1) is 33.2. The van der Waals surface area contributed by atoms with Gasteiger partial charge in [-0.25, -0.2) is 0 Å². The summed E-state index contributed by atoms with van der Waals surface area (Å²) in [6, 6.07) is 5.64. The highest BCUT2D eigenvalue weighted by Gasteiger charge is 2.54. The van der Waals surface area contributed by atoms with E-state index in [-0.39, 0.29) is 52.8 Å². The maximum Gasteiger partial charge on any atom is 0.272 e. The first-order valence-electron chi connectivity index (χ1n) is 13.7. The molecule has 2 amide bonds. The van der Waals surface area contributed by atoms with Crippen molar-refractivity contribution in [3.63, 3.8) is 0 Å². The highest BCUT2D eigenvalue weighted by atomic mass is 16.6. The maximum atomic E-state index is 13.4. The van der Waals surface area contributed by atoms with Crippen LogP contribution >= 0.6 is 0 Å². The van der Waals surface area contributed by atoms with E-state index in [0.717, 1.165) is 0 Å². The van der Waals surface area contributed by atoms with Crippen molar-refractivity contribution in [2.75, 3.05) is 19.8 Å². The Morgan fingerprint density at radius 1 is 0.953 bits per heavy atom. The molecule has 1 fully saturated rings. The molecule has 0 saturated carbocycles. The number of ketones is 1. The lowest BCUT2D eigenvalue weighted by atomic mass is 9.78. The van der Waals surface area contributed by atoms with Crippen molar-refractivity contribution in [1.82, 2.24) is 10.6 Å². The molecule has 4 atom stereocenters. The summed E-state index contributed by atoms with van der Waals surface area (Å²) in [7, 11) is 0. The van der Waals surface area contributed by atoms with Crippen molar-refractivity contribution < 1.29 is 39.2 Å². The molecule has 232 valence electrons. The molecule has 3 rings (SSSR count). The fraction of sp³-hybridized carbons (Fsp3) is 0.483. The molecule has 1 heterocycles. The van der Waals surface area contributed by atoms with Crippen LogP contribution in [0.15, 0.2) is 36.4 Å². The van der Waals surface area contributed by atoms with Gasteiger partial charge in [-0.15, -0.1) is 0 Å². The smallest absolute Gasteiger partial charge is 0.272 e. The number of nitro groups is 2. The molecule has 1 aliphatic rings. The molecule has 0 aromatic heterocycles. The number of hydrogen-bond donors (Lipinski definition) is 4. The average Bonchev–Trinajstić information content (AvgIpc) is 3.74. The van der Waals surface area contributed by atoms with Gasteiger partial charge in [0.1, 0.15) is 11.6 Å². The van der Waals surface area contributed by atoms with E-state index < -0.39 is 58.5 Å². The van der Waals surface area contributed by atoms with E-state index in [2.05, 4.69) is 10.6 Å². The highest BCUT2D eigenvalue weighted by Crippen LogP contribution is 2.41. The summed E-state index contributed by atoms with van der Waals surface area (Å²) in [4.78, 5) is 60.8. The quantitative estimate of drug-likeness (QED) is 0.101. The number of nitrogens with one attached hydrogen (secondary N) is 2. The summed E-state index contributed by atoms with van der Waals surface area (Å²) in [5.74, 6) is -2.53. The van der Waals surface area contributed by atoms with Gasteiger partial charge in [-0.1, -0.05) is 13.8 Å². The fourth-order valence-electron chi connectivity index (χ4n) is 5.11. The lowest BCUT2D eigenvalue weighted by molar-refractivity contribution is -0.385. The van der Waals surface area contributed by atoms with E-state index in [0.29, 0.717) is 12.0 Å². The van der Waals surface area contributed by atoms with Crippen LogP contribution in [0, 0.1) is 45.9 Å². The lowest BCUT2D eigenvalue weighted by Gasteiger charge is -2.33. The number of rotatable bonds is 15. The number of amides is 2. The Hall–Kier alpha value is -4.27. The zero-order chi connectivity index (χ0) is 32.1. The van der Waals surface area contributed by atoms with Crippen LogP contribution in [-0.2, 0) is 9.53 Å². The number of aliphatic hydroxyl groups is 2. The van der Waals surface area contributed by atoms with Crippen molar-refractivity contribution in [1.29, 1.82) is 0 Å². The molecule has 2 aromatic carbocycles. The number of aliphatic hydroxyl groups excluding tert-OH is 2. The molecule has 0 radical (unpaired) electrons. The number of ether oxygens (including phenoxy) is 1.